The van der Waals surface area contributed by atoms with Crippen molar-refractivity contribution in [3.63, 3.8) is 0 Å². The number of hydrogen-bond donors (Lipinski definition) is 1. The number of rotatable bonds is 7. The van der Waals surface area contributed by atoms with Crippen LogP contribution in [0.15, 0.2) is 41.7 Å². The quantitative estimate of drug-likeness (QED) is 0.616. The van der Waals surface area contributed by atoms with Crippen LogP contribution in [0.4, 0.5) is 8.78 Å². The molecule has 0 saturated heterocycles. The Kier molecular flexibility index (Phi) is 6.73. The first kappa shape index (κ1) is 18.7. The SMILES string of the molecule is CCOc1ccc(CN(C)C(=NC)NCc2nccn2C(F)F)cc1. The lowest BCUT2D eigenvalue weighted by molar-refractivity contribution is 0.0668. The molecule has 1 aromatic carbocycles. The van der Waals surface area contributed by atoms with Crippen LogP contribution in [0.5, 0.6) is 5.75 Å². The molecule has 136 valence electrons. The number of alkyl halides is 2. The largest absolute Gasteiger partial charge is 0.494 e. The Bertz CT molecular complexity index is 685. The van der Waals surface area contributed by atoms with E-state index < -0.39 is 6.55 Å². The first-order chi connectivity index (χ1) is 12.0. The van der Waals surface area contributed by atoms with Gasteiger partial charge in [-0.3, -0.25) is 9.56 Å². The fourth-order valence-corrected chi connectivity index (χ4v) is 2.41. The third kappa shape index (κ3) is 5.17. The maximum atomic E-state index is 12.8. The van der Waals surface area contributed by atoms with Crippen molar-refractivity contribution in [3.05, 3.63) is 48.0 Å². The molecular weight excluding hydrogens is 328 g/mol. The van der Waals surface area contributed by atoms with Gasteiger partial charge in [0.1, 0.15) is 11.6 Å². The Balaban J connectivity index is 1.94. The molecule has 2 rings (SSSR count). The molecule has 8 heteroatoms. The number of aliphatic imine (C=N–C) groups is 1. The Morgan fingerprint density at radius 3 is 2.68 bits per heavy atom. The van der Waals surface area contributed by atoms with Crippen LogP contribution in [-0.4, -0.2) is 41.1 Å². The van der Waals surface area contributed by atoms with E-state index in [1.54, 1.807) is 7.05 Å². The topological polar surface area (TPSA) is 54.7 Å². The summed E-state index contributed by atoms with van der Waals surface area (Å²) in [4.78, 5) is 10.0. The summed E-state index contributed by atoms with van der Waals surface area (Å²) in [6, 6.07) is 7.81. The highest BCUT2D eigenvalue weighted by molar-refractivity contribution is 5.79. The highest BCUT2D eigenvalue weighted by Gasteiger charge is 2.13. The van der Waals surface area contributed by atoms with Gasteiger partial charge < -0.3 is 15.0 Å². The lowest BCUT2D eigenvalue weighted by Crippen LogP contribution is -2.38. The summed E-state index contributed by atoms with van der Waals surface area (Å²) < 4.78 is 31.9. The number of aromatic nitrogens is 2. The van der Waals surface area contributed by atoms with E-state index in [0.29, 0.717) is 19.1 Å². The number of guanidine groups is 1. The average Bonchev–Trinajstić information content (AvgIpc) is 3.06. The van der Waals surface area contributed by atoms with Crippen molar-refractivity contribution in [1.29, 1.82) is 0 Å². The molecule has 0 aliphatic carbocycles. The summed E-state index contributed by atoms with van der Waals surface area (Å²) in [6.45, 7) is 0.747. The van der Waals surface area contributed by atoms with E-state index in [1.807, 2.05) is 43.1 Å². The van der Waals surface area contributed by atoms with Crippen LogP contribution in [-0.2, 0) is 13.1 Å². The molecule has 0 aliphatic heterocycles. The third-order valence-corrected chi connectivity index (χ3v) is 3.59. The van der Waals surface area contributed by atoms with Gasteiger partial charge in [-0.15, -0.1) is 0 Å². The molecule has 0 spiro atoms. The van der Waals surface area contributed by atoms with Crippen LogP contribution in [0.3, 0.4) is 0 Å². The number of nitrogens with zero attached hydrogens (tertiary/aromatic N) is 4. The molecule has 25 heavy (non-hydrogen) atoms. The van der Waals surface area contributed by atoms with Crippen LogP contribution in [0.1, 0.15) is 24.9 Å². The van der Waals surface area contributed by atoms with Crippen molar-refractivity contribution >= 4 is 5.96 Å². The zero-order chi connectivity index (χ0) is 18.2. The molecule has 0 radical (unpaired) electrons. The molecule has 0 fully saturated rings. The zero-order valence-corrected chi connectivity index (χ0v) is 14.6. The second-order valence-electron chi connectivity index (χ2n) is 5.36. The number of hydrogen-bond acceptors (Lipinski definition) is 3. The molecule has 6 nitrogen and oxygen atoms in total. The van der Waals surface area contributed by atoms with Gasteiger partial charge in [-0.25, -0.2) is 4.98 Å². The summed E-state index contributed by atoms with van der Waals surface area (Å²) in [5, 5.41) is 3.05. The van der Waals surface area contributed by atoms with Gasteiger partial charge in [0.15, 0.2) is 5.96 Å². The number of nitrogens with one attached hydrogen (secondary N) is 1. The van der Waals surface area contributed by atoms with E-state index in [1.165, 1.54) is 12.4 Å². The average molecular weight is 351 g/mol. The fraction of sp³-hybridized carbons (Fsp3) is 0.412. The van der Waals surface area contributed by atoms with Crippen molar-refractivity contribution < 1.29 is 13.5 Å². The molecular formula is C17H23F2N5O. The summed E-state index contributed by atoms with van der Waals surface area (Å²) in [7, 11) is 3.53. The standard InChI is InChI=1S/C17H23F2N5O/c1-4-25-14-7-5-13(6-8-14)12-23(3)17(20-2)22-11-15-21-9-10-24(15)16(18)19/h5-10,16H,4,11-12H2,1-3H3,(H,20,22). The van der Waals surface area contributed by atoms with Gasteiger partial charge in [0.2, 0.25) is 0 Å². The molecule has 0 bridgehead atoms. The number of imidazole rings is 1. The van der Waals surface area contributed by atoms with E-state index >= 15 is 0 Å². The molecule has 0 unspecified atom stereocenters. The Labute approximate surface area is 146 Å². The highest BCUT2D eigenvalue weighted by atomic mass is 19.3. The van der Waals surface area contributed by atoms with Gasteiger partial charge in [-0.05, 0) is 24.6 Å². The number of ether oxygens (including phenoxy) is 1. The summed E-state index contributed by atoms with van der Waals surface area (Å²) >= 11 is 0. The minimum absolute atomic E-state index is 0.164. The molecule has 0 saturated carbocycles. The van der Waals surface area contributed by atoms with Crippen molar-refractivity contribution in [1.82, 2.24) is 19.8 Å². The van der Waals surface area contributed by atoms with E-state index in [0.717, 1.165) is 15.9 Å². The summed E-state index contributed by atoms with van der Waals surface area (Å²) in [6.07, 6.45) is 2.61. The number of benzene rings is 1. The van der Waals surface area contributed by atoms with E-state index in [9.17, 15) is 8.78 Å². The first-order valence-electron chi connectivity index (χ1n) is 7.98. The normalized spacial score (nSPS) is 11.7. The lowest BCUT2D eigenvalue weighted by atomic mass is 10.2. The van der Waals surface area contributed by atoms with Crippen LogP contribution in [0, 0.1) is 0 Å². The van der Waals surface area contributed by atoms with Gasteiger partial charge in [0.05, 0.1) is 13.2 Å². The van der Waals surface area contributed by atoms with Gasteiger partial charge in [-0.1, -0.05) is 12.1 Å². The second kappa shape index (κ2) is 9.00. The molecule has 2 aromatic rings. The smallest absolute Gasteiger partial charge is 0.319 e. The minimum Gasteiger partial charge on any atom is -0.494 e. The Morgan fingerprint density at radius 1 is 1.36 bits per heavy atom. The van der Waals surface area contributed by atoms with Crippen LogP contribution in [0.25, 0.3) is 0 Å². The lowest BCUT2D eigenvalue weighted by Gasteiger charge is -2.22. The third-order valence-electron chi connectivity index (χ3n) is 3.59. The van der Waals surface area contributed by atoms with Gasteiger partial charge in [0.25, 0.3) is 0 Å². The molecule has 1 N–H and O–H groups in total. The maximum Gasteiger partial charge on any atom is 0.319 e. The molecule has 0 amide bonds. The zero-order valence-electron chi connectivity index (χ0n) is 14.6. The van der Waals surface area contributed by atoms with Gasteiger partial charge in [0, 0.05) is 33.0 Å². The van der Waals surface area contributed by atoms with Crippen molar-refractivity contribution in [2.45, 2.75) is 26.6 Å². The van der Waals surface area contributed by atoms with Gasteiger partial charge >= 0.3 is 6.55 Å². The molecule has 1 aromatic heterocycles. The van der Waals surface area contributed by atoms with E-state index in [2.05, 4.69) is 15.3 Å². The fourth-order valence-electron chi connectivity index (χ4n) is 2.41. The van der Waals surface area contributed by atoms with Crippen LogP contribution < -0.4 is 10.1 Å². The Morgan fingerprint density at radius 2 is 2.08 bits per heavy atom. The molecule has 1 heterocycles. The maximum absolute atomic E-state index is 12.8. The monoisotopic (exact) mass is 351 g/mol. The highest BCUT2D eigenvalue weighted by Crippen LogP contribution is 2.14. The molecule has 0 atom stereocenters. The van der Waals surface area contributed by atoms with Crippen LogP contribution >= 0.6 is 0 Å². The summed E-state index contributed by atoms with van der Waals surface area (Å²) in [5.74, 6) is 1.68. The van der Waals surface area contributed by atoms with Crippen molar-refractivity contribution in [2.24, 2.45) is 4.99 Å². The van der Waals surface area contributed by atoms with E-state index in [-0.39, 0.29) is 12.4 Å². The van der Waals surface area contributed by atoms with Gasteiger partial charge in [-0.2, -0.15) is 8.78 Å². The summed E-state index contributed by atoms with van der Waals surface area (Å²) in [5.41, 5.74) is 1.09. The molecule has 0 aliphatic rings. The second-order valence-corrected chi connectivity index (χ2v) is 5.36. The Hall–Kier alpha value is -2.64. The van der Waals surface area contributed by atoms with E-state index in [4.69, 9.17) is 4.74 Å². The predicted octanol–water partition coefficient (Wildman–Crippen LogP) is 2.88. The minimum atomic E-state index is -2.61. The predicted molar refractivity (Wildman–Crippen MR) is 92.8 cm³/mol. The van der Waals surface area contributed by atoms with Crippen molar-refractivity contribution in [2.75, 3.05) is 20.7 Å². The number of halogens is 2. The van der Waals surface area contributed by atoms with Crippen LogP contribution in [0.2, 0.25) is 0 Å². The first-order valence-corrected chi connectivity index (χ1v) is 7.98. The van der Waals surface area contributed by atoms with Crippen molar-refractivity contribution in [3.8, 4) is 5.75 Å².